The highest BCUT2D eigenvalue weighted by Gasteiger charge is 2.17. The quantitative estimate of drug-likeness (QED) is 0.692. The number of thiazole rings is 1. The molecule has 0 saturated heterocycles. The second-order valence-electron chi connectivity index (χ2n) is 4.52. The summed E-state index contributed by atoms with van der Waals surface area (Å²) < 4.78 is 21.0. The molecule has 0 atom stereocenters. The molecular weight excluding hydrogens is 334 g/mol. The average molecular weight is 349 g/mol. The Bertz CT molecular complexity index is 809. The standard InChI is InChI=1S/C14H15N5O4S/c1-20-8-4-7(5-9(21-2)10(8)22-3)18-14-19-12(15)11(24-14)13-16-6-17-23-13/h4-6H,15H2,1-3H3,(H,18,19). The van der Waals surface area contributed by atoms with Gasteiger partial charge in [-0.1, -0.05) is 16.5 Å². The van der Waals surface area contributed by atoms with E-state index in [0.717, 1.165) is 0 Å². The van der Waals surface area contributed by atoms with Crippen LogP contribution in [0.4, 0.5) is 16.6 Å². The van der Waals surface area contributed by atoms with Crippen molar-refractivity contribution in [3.63, 3.8) is 0 Å². The van der Waals surface area contributed by atoms with E-state index in [0.29, 0.717) is 44.7 Å². The maximum absolute atomic E-state index is 5.91. The molecule has 0 aliphatic carbocycles. The van der Waals surface area contributed by atoms with Gasteiger partial charge in [0.25, 0.3) is 5.89 Å². The van der Waals surface area contributed by atoms with Crippen LogP contribution in [0.15, 0.2) is 23.0 Å². The molecule has 0 fully saturated rings. The van der Waals surface area contributed by atoms with Gasteiger partial charge in [0, 0.05) is 17.8 Å². The van der Waals surface area contributed by atoms with Gasteiger partial charge in [-0.05, 0) is 0 Å². The first-order chi connectivity index (χ1) is 11.7. The van der Waals surface area contributed by atoms with Gasteiger partial charge in [0.05, 0.1) is 21.3 Å². The molecule has 10 heteroatoms. The number of hydrogen-bond donors (Lipinski definition) is 2. The third kappa shape index (κ3) is 2.91. The van der Waals surface area contributed by atoms with Crippen molar-refractivity contribution in [2.75, 3.05) is 32.4 Å². The predicted octanol–water partition coefficient (Wildman–Crippen LogP) is 2.54. The van der Waals surface area contributed by atoms with Crippen molar-refractivity contribution in [3.05, 3.63) is 18.5 Å². The van der Waals surface area contributed by atoms with Crippen LogP contribution >= 0.6 is 11.3 Å². The lowest BCUT2D eigenvalue weighted by Crippen LogP contribution is -1.97. The van der Waals surface area contributed by atoms with Gasteiger partial charge in [0.15, 0.2) is 23.0 Å². The van der Waals surface area contributed by atoms with Crippen molar-refractivity contribution in [1.29, 1.82) is 0 Å². The Morgan fingerprint density at radius 1 is 1.12 bits per heavy atom. The van der Waals surface area contributed by atoms with E-state index in [4.69, 9.17) is 24.5 Å². The highest BCUT2D eigenvalue weighted by molar-refractivity contribution is 7.19. The predicted molar refractivity (Wildman–Crippen MR) is 89.2 cm³/mol. The van der Waals surface area contributed by atoms with Crippen molar-refractivity contribution < 1.29 is 18.7 Å². The van der Waals surface area contributed by atoms with E-state index >= 15 is 0 Å². The fourth-order valence-electron chi connectivity index (χ4n) is 2.09. The van der Waals surface area contributed by atoms with Gasteiger partial charge in [-0.15, -0.1) is 0 Å². The molecule has 2 aromatic heterocycles. The Morgan fingerprint density at radius 3 is 2.38 bits per heavy atom. The summed E-state index contributed by atoms with van der Waals surface area (Å²) >= 11 is 1.29. The minimum Gasteiger partial charge on any atom is -0.493 e. The lowest BCUT2D eigenvalue weighted by molar-refractivity contribution is 0.324. The second kappa shape index (κ2) is 6.62. The van der Waals surface area contributed by atoms with E-state index in [2.05, 4.69) is 20.4 Å². The van der Waals surface area contributed by atoms with Crippen LogP contribution < -0.4 is 25.3 Å². The van der Waals surface area contributed by atoms with Crippen LogP contribution in [0.5, 0.6) is 17.2 Å². The molecule has 126 valence electrons. The lowest BCUT2D eigenvalue weighted by Gasteiger charge is -2.14. The number of hydrogen-bond acceptors (Lipinski definition) is 10. The summed E-state index contributed by atoms with van der Waals surface area (Å²) in [6.45, 7) is 0. The monoisotopic (exact) mass is 349 g/mol. The molecule has 24 heavy (non-hydrogen) atoms. The van der Waals surface area contributed by atoms with Crippen molar-refractivity contribution in [2.24, 2.45) is 0 Å². The largest absolute Gasteiger partial charge is 0.493 e. The number of ether oxygens (including phenoxy) is 3. The summed E-state index contributed by atoms with van der Waals surface area (Å²) in [5.74, 6) is 2.19. The molecule has 1 aromatic carbocycles. The topological polar surface area (TPSA) is 118 Å². The van der Waals surface area contributed by atoms with E-state index in [1.807, 2.05) is 0 Å². The smallest absolute Gasteiger partial charge is 0.271 e. The summed E-state index contributed by atoms with van der Waals surface area (Å²) in [7, 11) is 4.65. The van der Waals surface area contributed by atoms with Crippen LogP contribution in [-0.4, -0.2) is 36.5 Å². The fraction of sp³-hybridized carbons (Fsp3) is 0.214. The van der Waals surface area contributed by atoms with Crippen molar-refractivity contribution >= 4 is 28.0 Å². The zero-order chi connectivity index (χ0) is 17.1. The minimum absolute atomic E-state index is 0.305. The maximum Gasteiger partial charge on any atom is 0.271 e. The number of nitrogens with two attached hydrogens (primary N) is 1. The molecule has 2 heterocycles. The first-order valence-corrected chi connectivity index (χ1v) is 7.58. The Hall–Kier alpha value is -3.01. The number of anilines is 3. The molecule has 3 aromatic rings. The van der Waals surface area contributed by atoms with E-state index in [1.54, 1.807) is 33.5 Å². The summed E-state index contributed by atoms with van der Waals surface area (Å²) in [5.41, 5.74) is 6.61. The Balaban J connectivity index is 1.93. The third-order valence-corrected chi connectivity index (χ3v) is 4.10. The Labute approximate surface area is 141 Å². The summed E-state index contributed by atoms with van der Waals surface area (Å²) in [6, 6.07) is 3.54. The molecule has 0 aliphatic heterocycles. The highest BCUT2D eigenvalue weighted by atomic mass is 32.1. The zero-order valence-electron chi connectivity index (χ0n) is 13.2. The molecule has 9 nitrogen and oxygen atoms in total. The number of aromatic nitrogens is 3. The van der Waals surface area contributed by atoms with Crippen LogP contribution in [0.2, 0.25) is 0 Å². The molecule has 0 saturated carbocycles. The van der Waals surface area contributed by atoms with E-state index in [-0.39, 0.29) is 0 Å². The number of rotatable bonds is 6. The van der Waals surface area contributed by atoms with E-state index in [9.17, 15) is 0 Å². The number of nitrogen functional groups attached to an aromatic ring is 1. The number of nitrogens with zero attached hydrogens (tertiary/aromatic N) is 3. The van der Waals surface area contributed by atoms with Gasteiger partial charge in [-0.25, -0.2) is 4.98 Å². The Kier molecular flexibility index (Phi) is 4.38. The molecule has 0 aliphatic rings. The van der Waals surface area contributed by atoms with Crippen LogP contribution in [-0.2, 0) is 0 Å². The first kappa shape index (κ1) is 15.9. The summed E-state index contributed by atoms with van der Waals surface area (Å²) in [5, 5.41) is 7.28. The Morgan fingerprint density at radius 2 is 1.83 bits per heavy atom. The molecule has 3 rings (SSSR count). The zero-order valence-corrected chi connectivity index (χ0v) is 14.0. The summed E-state index contributed by atoms with van der Waals surface area (Å²) in [6.07, 6.45) is 1.31. The van der Waals surface area contributed by atoms with Crippen LogP contribution in [0, 0.1) is 0 Å². The van der Waals surface area contributed by atoms with Gasteiger partial charge in [-0.2, -0.15) is 4.98 Å². The van der Waals surface area contributed by atoms with Crippen LogP contribution in [0.1, 0.15) is 0 Å². The maximum atomic E-state index is 5.91. The summed E-state index contributed by atoms with van der Waals surface area (Å²) in [4.78, 5) is 8.83. The molecular formula is C14H15N5O4S. The van der Waals surface area contributed by atoms with Crippen molar-refractivity contribution in [1.82, 2.24) is 15.1 Å². The van der Waals surface area contributed by atoms with Crippen LogP contribution in [0.3, 0.4) is 0 Å². The molecule has 3 N–H and O–H groups in total. The van der Waals surface area contributed by atoms with Gasteiger partial charge < -0.3 is 29.8 Å². The van der Waals surface area contributed by atoms with Crippen LogP contribution in [0.25, 0.3) is 10.8 Å². The second-order valence-corrected chi connectivity index (χ2v) is 5.52. The molecule has 0 spiro atoms. The number of methoxy groups -OCH3 is 3. The van der Waals surface area contributed by atoms with Gasteiger partial charge >= 0.3 is 0 Å². The molecule has 0 unspecified atom stereocenters. The minimum atomic E-state index is 0.305. The van der Waals surface area contributed by atoms with Crippen molar-refractivity contribution in [3.8, 4) is 28.0 Å². The SMILES string of the molecule is COc1cc(Nc2nc(N)c(-c3ncno3)s2)cc(OC)c1OC. The first-order valence-electron chi connectivity index (χ1n) is 6.76. The van der Waals surface area contributed by atoms with Gasteiger partial charge in [-0.3, -0.25) is 0 Å². The van der Waals surface area contributed by atoms with Gasteiger partial charge in [0.1, 0.15) is 10.7 Å². The van der Waals surface area contributed by atoms with E-state index in [1.165, 1.54) is 17.7 Å². The lowest BCUT2D eigenvalue weighted by atomic mass is 10.2. The molecule has 0 amide bonds. The van der Waals surface area contributed by atoms with Gasteiger partial charge in [0.2, 0.25) is 5.75 Å². The highest BCUT2D eigenvalue weighted by Crippen LogP contribution is 2.42. The number of benzene rings is 1. The fourth-order valence-corrected chi connectivity index (χ4v) is 2.92. The molecule has 0 radical (unpaired) electrons. The van der Waals surface area contributed by atoms with Crippen molar-refractivity contribution in [2.45, 2.75) is 0 Å². The van der Waals surface area contributed by atoms with E-state index < -0.39 is 0 Å². The third-order valence-electron chi connectivity index (χ3n) is 3.12. The number of nitrogens with one attached hydrogen (secondary N) is 1. The normalized spacial score (nSPS) is 10.5. The average Bonchev–Trinajstić information content (AvgIpc) is 3.23. The molecule has 0 bridgehead atoms.